The normalized spacial score (nSPS) is 16.3. The summed E-state index contributed by atoms with van der Waals surface area (Å²) in [5.41, 5.74) is 6.15. The Bertz CT molecular complexity index is 1180. The lowest BCUT2D eigenvalue weighted by Gasteiger charge is -2.22. The van der Waals surface area contributed by atoms with E-state index in [-0.39, 0.29) is 11.9 Å². The highest BCUT2D eigenvalue weighted by molar-refractivity contribution is 5.79. The minimum atomic E-state index is -0.232. The first kappa shape index (κ1) is 16.9. The number of anilines is 1. The van der Waals surface area contributed by atoms with Gasteiger partial charge in [-0.05, 0) is 67.1 Å². The molecule has 1 aromatic carbocycles. The zero-order valence-corrected chi connectivity index (χ0v) is 15.9. The van der Waals surface area contributed by atoms with Crippen molar-refractivity contribution in [1.29, 1.82) is 0 Å². The molecule has 0 aliphatic heterocycles. The van der Waals surface area contributed by atoms with E-state index < -0.39 is 0 Å². The predicted molar refractivity (Wildman–Crippen MR) is 106 cm³/mol. The molecule has 0 radical (unpaired) electrons. The summed E-state index contributed by atoms with van der Waals surface area (Å²) in [7, 11) is 2.00. The molecule has 28 heavy (non-hydrogen) atoms. The smallest absolute Gasteiger partial charge is 0.243 e. The van der Waals surface area contributed by atoms with Crippen molar-refractivity contribution in [2.24, 2.45) is 7.05 Å². The molecule has 7 heteroatoms. The van der Waals surface area contributed by atoms with Crippen LogP contribution in [-0.4, -0.2) is 30.4 Å². The molecule has 3 heterocycles. The number of aryl methyl sites for hydroxylation is 2. The average molecular weight is 376 g/mol. The molecule has 5 rings (SSSR count). The number of rotatable bonds is 3. The van der Waals surface area contributed by atoms with Crippen LogP contribution in [-0.2, 0) is 19.9 Å². The number of benzene rings is 1. The van der Waals surface area contributed by atoms with Gasteiger partial charge in [0.15, 0.2) is 5.65 Å². The summed E-state index contributed by atoms with van der Waals surface area (Å²) in [6.07, 6.45) is 6.78. The van der Waals surface area contributed by atoms with Crippen molar-refractivity contribution in [2.75, 3.05) is 5.32 Å². The third kappa shape index (κ3) is 2.83. The number of pyridine rings is 1. The fraction of sp³-hybridized carbons (Fsp3) is 0.286. The zero-order valence-electron chi connectivity index (χ0n) is 15.9. The van der Waals surface area contributed by atoms with E-state index >= 15 is 0 Å². The molecule has 0 amide bonds. The third-order valence-corrected chi connectivity index (χ3v) is 5.52. The Labute approximate surface area is 162 Å². The van der Waals surface area contributed by atoms with Crippen LogP contribution < -0.4 is 5.32 Å². The standard InChI is InChI=1S/C21H21FN6/c1-13-10-15(22)5-7-17(13)18-4-3-9-28-20(18)25-21(26-28)24-16-6-8-19-14(11-16)12-23-27(19)2/h3-5,7,9-10,12,16H,6,8,11H2,1-2H3,(H,24,26). The van der Waals surface area contributed by atoms with Gasteiger partial charge in [-0.15, -0.1) is 5.10 Å². The van der Waals surface area contributed by atoms with Gasteiger partial charge in [0.1, 0.15) is 5.82 Å². The Morgan fingerprint density at radius 3 is 2.96 bits per heavy atom. The van der Waals surface area contributed by atoms with Gasteiger partial charge < -0.3 is 5.32 Å². The number of fused-ring (bicyclic) bond motifs is 2. The molecule has 1 aliphatic rings. The predicted octanol–water partition coefficient (Wildman–Crippen LogP) is 3.55. The van der Waals surface area contributed by atoms with Crippen LogP contribution in [0.4, 0.5) is 10.3 Å². The highest BCUT2D eigenvalue weighted by Gasteiger charge is 2.23. The quantitative estimate of drug-likeness (QED) is 0.594. The second-order valence-electron chi connectivity index (χ2n) is 7.41. The summed E-state index contributed by atoms with van der Waals surface area (Å²) in [4.78, 5) is 4.73. The molecular formula is C21H21FN6. The van der Waals surface area contributed by atoms with E-state index in [1.807, 2.05) is 43.2 Å². The summed E-state index contributed by atoms with van der Waals surface area (Å²) in [6, 6.07) is 9.04. The van der Waals surface area contributed by atoms with Crippen molar-refractivity contribution >= 4 is 11.6 Å². The zero-order chi connectivity index (χ0) is 19.3. The Balaban J connectivity index is 1.46. The number of nitrogens with zero attached hydrogens (tertiary/aromatic N) is 5. The fourth-order valence-electron chi connectivity index (χ4n) is 4.09. The van der Waals surface area contributed by atoms with Crippen LogP contribution in [0.3, 0.4) is 0 Å². The second kappa shape index (κ2) is 6.44. The topological polar surface area (TPSA) is 60.0 Å². The molecule has 0 bridgehead atoms. The largest absolute Gasteiger partial charge is 0.350 e. The Morgan fingerprint density at radius 1 is 1.21 bits per heavy atom. The summed E-state index contributed by atoms with van der Waals surface area (Å²) in [5.74, 6) is 0.383. The van der Waals surface area contributed by atoms with E-state index in [1.54, 1.807) is 16.6 Å². The first-order valence-corrected chi connectivity index (χ1v) is 9.46. The van der Waals surface area contributed by atoms with Crippen molar-refractivity contribution in [2.45, 2.75) is 32.2 Å². The van der Waals surface area contributed by atoms with Crippen LogP contribution in [0.1, 0.15) is 23.2 Å². The Kier molecular flexibility index (Phi) is 3.89. The van der Waals surface area contributed by atoms with Gasteiger partial charge in [0, 0.05) is 30.5 Å². The van der Waals surface area contributed by atoms with Crippen molar-refractivity contribution in [3.05, 3.63) is 65.4 Å². The first-order chi connectivity index (χ1) is 13.6. The molecule has 0 saturated heterocycles. The molecule has 0 spiro atoms. The lowest BCUT2D eigenvalue weighted by Crippen LogP contribution is -2.28. The number of hydrogen-bond acceptors (Lipinski definition) is 4. The Hall–Kier alpha value is -3.22. The van der Waals surface area contributed by atoms with E-state index in [1.165, 1.54) is 17.3 Å². The molecule has 142 valence electrons. The monoisotopic (exact) mass is 376 g/mol. The van der Waals surface area contributed by atoms with Crippen LogP contribution >= 0.6 is 0 Å². The SMILES string of the molecule is Cc1cc(F)ccc1-c1cccn2nc(NC3CCc4c(cnn4C)C3)nc12. The number of nitrogens with one attached hydrogen (secondary N) is 1. The van der Waals surface area contributed by atoms with Gasteiger partial charge in [0.05, 0.1) is 6.20 Å². The van der Waals surface area contributed by atoms with Crippen molar-refractivity contribution in [3.63, 3.8) is 0 Å². The molecule has 1 N–H and O–H groups in total. The lowest BCUT2D eigenvalue weighted by atomic mass is 9.93. The highest BCUT2D eigenvalue weighted by Crippen LogP contribution is 2.28. The third-order valence-electron chi connectivity index (χ3n) is 5.52. The minimum absolute atomic E-state index is 0.232. The summed E-state index contributed by atoms with van der Waals surface area (Å²) in [6.45, 7) is 1.91. The average Bonchev–Trinajstić information content (AvgIpc) is 3.25. The number of aromatic nitrogens is 5. The first-order valence-electron chi connectivity index (χ1n) is 9.46. The highest BCUT2D eigenvalue weighted by atomic mass is 19.1. The van der Waals surface area contributed by atoms with Gasteiger partial charge in [0.25, 0.3) is 0 Å². The molecule has 1 atom stereocenters. The van der Waals surface area contributed by atoms with Gasteiger partial charge in [0.2, 0.25) is 5.95 Å². The van der Waals surface area contributed by atoms with Gasteiger partial charge >= 0.3 is 0 Å². The Morgan fingerprint density at radius 2 is 2.11 bits per heavy atom. The number of halogens is 1. The minimum Gasteiger partial charge on any atom is -0.350 e. The van der Waals surface area contributed by atoms with Crippen molar-refractivity contribution in [1.82, 2.24) is 24.4 Å². The maximum absolute atomic E-state index is 13.5. The molecule has 0 saturated carbocycles. The maximum atomic E-state index is 13.5. The molecule has 4 aromatic rings. The van der Waals surface area contributed by atoms with Crippen LogP contribution in [0.15, 0.2) is 42.7 Å². The lowest BCUT2D eigenvalue weighted by molar-refractivity contribution is 0.575. The molecular weight excluding hydrogens is 355 g/mol. The molecule has 0 fully saturated rings. The van der Waals surface area contributed by atoms with Gasteiger partial charge in [-0.3, -0.25) is 4.68 Å². The molecule has 1 unspecified atom stereocenters. The maximum Gasteiger partial charge on any atom is 0.243 e. The van der Waals surface area contributed by atoms with Gasteiger partial charge in [-0.25, -0.2) is 8.91 Å². The van der Waals surface area contributed by atoms with E-state index in [2.05, 4.69) is 15.5 Å². The van der Waals surface area contributed by atoms with Gasteiger partial charge in [-0.2, -0.15) is 10.1 Å². The summed E-state index contributed by atoms with van der Waals surface area (Å²) in [5, 5.41) is 12.4. The van der Waals surface area contributed by atoms with E-state index in [0.717, 1.165) is 41.6 Å². The fourth-order valence-corrected chi connectivity index (χ4v) is 4.09. The van der Waals surface area contributed by atoms with Crippen molar-refractivity contribution < 1.29 is 4.39 Å². The molecule has 1 aliphatic carbocycles. The van der Waals surface area contributed by atoms with Crippen LogP contribution in [0, 0.1) is 12.7 Å². The van der Waals surface area contributed by atoms with Crippen LogP contribution in [0.5, 0.6) is 0 Å². The summed E-state index contributed by atoms with van der Waals surface area (Å²) < 4.78 is 17.2. The summed E-state index contributed by atoms with van der Waals surface area (Å²) >= 11 is 0. The van der Waals surface area contributed by atoms with E-state index in [4.69, 9.17) is 4.98 Å². The molecule has 6 nitrogen and oxygen atoms in total. The van der Waals surface area contributed by atoms with Crippen LogP contribution in [0.2, 0.25) is 0 Å². The van der Waals surface area contributed by atoms with Crippen LogP contribution in [0.25, 0.3) is 16.8 Å². The van der Waals surface area contributed by atoms with E-state index in [9.17, 15) is 4.39 Å². The molecule has 3 aromatic heterocycles. The van der Waals surface area contributed by atoms with Crippen molar-refractivity contribution in [3.8, 4) is 11.1 Å². The van der Waals surface area contributed by atoms with E-state index in [0.29, 0.717) is 5.95 Å². The second-order valence-corrected chi connectivity index (χ2v) is 7.41. The number of hydrogen-bond donors (Lipinski definition) is 1. The van der Waals surface area contributed by atoms with Gasteiger partial charge in [-0.1, -0.05) is 6.07 Å².